The standard InChI is InChI=1S/C6H17NSi2/c1-6-4-5-9(3,8)7(6)2/h6H,4-5H2,1-3,8H3. The molecule has 1 saturated heterocycles. The zero-order valence-electron chi connectivity index (χ0n) is 6.94. The van der Waals surface area contributed by atoms with Crippen LogP contribution < -0.4 is 0 Å². The van der Waals surface area contributed by atoms with E-state index in [9.17, 15) is 0 Å². The van der Waals surface area contributed by atoms with Gasteiger partial charge in [-0.25, -0.2) is 0 Å². The van der Waals surface area contributed by atoms with Gasteiger partial charge in [0.15, 0.2) is 0 Å². The van der Waals surface area contributed by atoms with E-state index in [1.54, 1.807) is 6.04 Å². The van der Waals surface area contributed by atoms with Gasteiger partial charge in [-0.1, -0.05) is 13.5 Å². The summed E-state index contributed by atoms with van der Waals surface area (Å²) in [5, 5.41) is 0. The number of hydrogen-bond acceptors (Lipinski definition) is 1. The molecular weight excluding hydrogens is 142 g/mol. The quantitative estimate of drug-likeness (QED) is 0.455. The second kappa shape index (κ2) is 2.21. The van der Waals surface area contributed by atoms with Gasteiger partial charge in [-0.2, -0.15) is 0 Å². The third-order valence-corrected chi connectivity index (χ3v) is 10.3. The van der Waals surface area contributed by atoms with Crippen LogP contribution in [0.2, 0.25) is 12.6 Å². The van der Waals surface area contributed by atoms with Gasteiger partial charge in [0.2, 0.25) is 0 Å². The van der Waals surface area contributed by atoms with Gasteiger partial charge in [0.1, 0.15) is 7.75 Å². The molecule has 9 heavy (non-hydrogen) atoms. The second-order valence-electron chi connectivity index (χ2n) is 3.81. The molecule has 0 aromatic heterocycles. The van der Waals surface area contributed by atoms with Crippen LogP contribution >= 0.6 is 0 Å². The van der Waals surface area contributed by atoms with Crippen molar-refractivity contribution in [2.75, 3.05) is 7.05 Å². The Morgan fingerprint density at radius 1 is 1.67 bits per heavy atom. The zero-order valence-corrected chi connectivity index (χ0v) is 9.94. The Morgan fingerprint density at radius 3 is 2.33 bits per heavy atom. The van der Waals surface area contributed by atoms with Crippen LogP contribution in [0, 0.1) is 0 Å². The minimum Gasteiger partial charge on any atom is -0.327 e. The minimum absolute atomic E-state index is 0.734. The predicted molar refractivity (Wildman–Crippen MR) is 48.2 cm³/mol. The molecule has 0 bridgehead atoms. The SMILES string of the molecule is CC1CC[Si](C)([SiH3])N1C. The van der Waals surface area contributed by atoms with Crippen LogP contribution in [0.3, 0.4) is 0 Å². The van der Waals surface area contributed by atoms with Crippen LogP contribution in [-0.2, 0) is 0 Å². The Balaban J connectivity index is 2.62. The van der Waals surface area contributed by atoms with Crippen molar-refractivity contribution in [1.82, 2.24) is 4.57 Å². The van der Waals surface area contributed by atoms with Gasteiger partial charge >= 0.3 is 0 Å². The minimum atomic E-state index is -0.734. The molecule has 1 aliphatic heterocycles. The second-order valence-corrected chi connectivity index (χ2v) is 15.1. The largest absolute Gasteiger partial charge is 0.327 e. The highest BCUT2D eigenvalue weighted by Crippen LogP contribution is 2.25. The molecule has 0 N–H and O–H groups in total. The fraction of sp³-hybridized carbons (Fsp3) is 1.00. The van der Waals surface area contributed by atoms with Crippen molar-refractivity contribution in [1.29, 1.82) is 0 Å². The molecule has 2 unspecified atom stereocenters. The highest BCUT2D eigenvalue weighted by Gasteiger charge is 2.35. The predicted octanol–water partition coefficient (Wildman–Crippen LogP) is 0.148. The summed E-state index contributed by atoms with van der Waals surface area (Å²) in [4.78, 5) is 0. The smallest absolute Gasteiger partial charge is 0.104 e. The van der Waals surface area contributed by atoms with E-state index in [0.29, 0.717) is 0 Å². The summed E-state index contributed by atoms with van der Waals surface area (Å²) in [6.07, 6.45) is 1.46. The first kappa shape index (κ1) is 7.50. The van der Waals surface area contributed by atoms with Crippen molar-refractivity contribution >= 4 is 17.5 Å². The van der Waals surface area contributed by atoms with E-state index in [0.717, 1.165) is 6.04 Å². The van der Waals surface area contributed by atoms with Crippen LogP contribution in [0.4, 0.5) is 0 Å². The van der Waals surface area contributed by atoms with Gasteiger partial charge in [-0.05, 0) is 25.6 Å². The average Bonchev–Trinajstić information content (AvgIpc) is 1.97. The Labute approximate surface area is 61.7 Å². The van der Waals surface area contributed by atoms with Crippen molar-refractivity contribution in [2.45, 2.75) is 32.0 Å². The van der Waals surface area contributed by atoms with Crippen molar-refractivity contribution in [3.8, 4) is 0 Å². The van der Waals surface area contributed by atoms with Crippen molar-refractivity contribution in [3.63, 3.8) is 0 Å². The average molecular weight is 159 g/mol. The van der Waals surface area contributed by atoms with E-state index in [4.69, 9.17) is 0 Å². The van der Waals surface area contributed by atoms with E-state index in [2.05, 4.69) is 25.1 Å². The zero-order chi connectivity index (χ0) is 7.07. The van der Waals surface area contributed by atoms with Crippen molar-refractivity contribution in [3.05, 3.63) is 0 Å². The van der Waals surface area contributed by atoms with Crippen LogP contribution in [0.25, 0.3) is 0 Å². The number of nitrogens with zero attached hydrogens (tertiary/aromatic N) is 1. The molecule has 1 rings (SSSR count). The Kier molecular flexibility index (Phi) is 1.85. The van der Waals surface area contributed by atoms with E-state index in [-0.39, 0.29) is 0 Å². The normalized spacial score (nSPS) is 46.3. The lowest BCUT2D eigenvalue weighted by atomic mass is 10.3. The van der Waals surface area contributed by atoms with E-state index >= 15 is 0 Å². The fourth-order valence-corrected chi connectivity index (χ4v) is 6.52. The van der Waals surface area contributed by atoms with Gasteiger partial charge in [-0.15, -0.1) is 0 Å². The molecule has 0 aromatic rings. The molecule has 0 radical (unpaired) electrons. The molecule has 0 aliphatic carbocycles. The molecule has 1 fully saturated rings. The lowest BCUT2D eigenvalue weighted by molar-refractivity contribution is 0.432. The van der Waals surface area contributed by atoms with E-state index in [1.807, 2.05) is 0 Å². The van der Waals surface area contributed by atoms with Gasteiger partial charge in [0.25, 0.3) is 0 Å². The molecule has 1 nitrogen and oxygen atoms in total. The summed E-state index contributed by atoms with van der Waals surface area (Å²) in [5.74, 6) is 0. The molecule has 0 saturated carbocycles. The number of rotatable bonds is 0. The van der Waals surface area contributed by atoms with Crippen LogP contribution in [0.5, 0.6) is 0 Å². The van der Waals surface area contributed by atoms with E-state index < -0.39 is 7.75 Å². The van der Waals surface area contributed by atoms with Crippen LogP contribution in [0.15, 0.2) is 0 Å². The molecule has 0 aromatic carbocycles. The third-order valence-electron chi connectivity index (χ3n) is 2.79. The molecule has 3 heteroatoms. The Hall–Kier alpha value is 0.394. The van der Waals surface area contributed by atoms with Crippen LogP contribution in [0.1, 0.15) is 13.3 Å². The lowest BCUT2D eigenvalue weighted by Crippen LogP contribution is -2.46. The maximum Gasteiger partial charge on any atom is 0.104 e. The highest BCUT2D eigenvalue weighted by atomic mass is 29.2. The summed E-state index contributed by atoms with van der Waals surface area (Å²) in [7, 11) is 3.03. The molecule has 2 atom stereocenters. The lowest BCUT2D eigenvalue weighted by Gasteiger charge is -2.28. The maximum atomic E-state index is 2.67. The number of hydrogen-bond donors (Lipinski definition) is 0. The summed E-state index contributed by atoms with van der Waals surface area (Å²) < 4.78 is 2.67. The first-order valence-corrected chi connectivity index (χ1v) is 9.92. The highest BCUT2D eigenvalue weighted by molar-refractivity contribution is 7.15. The van der Waals surface area contributed by atoms with Gasteiger partial charge in [-0.3, -0.25) is 0 Å². The van der Waals surface area contributed by atoms with Gasteiger partial charge < -0.3 is 4.57 Å². The van der Waals surface area contributed by atoms with E-state index in [1.165, 1.54) is 16.2 Å². The van der Waals surface area contributed by atoms with Crippen molar-refractivity contribution < 1.29 is 0 Å². The summed E-state index contributed by atoms with van der Waals surface area (Å²) in [6.45, 7) is 4.87. The van der Waals surface area contributed by atoms with Gasteiger partial charge in [0, 0.05) is 9.76 Å². The van der Waals surface area contributed by atoms with Crippen molar-refractivity contribution in [2.24, 2.45) is 0 Å². The maximum absolute atomic E-state index is 2.67. The monoisotopic (exact) mass is 159 g/mol. The third kappa shape index (κ3) is 1.28. The summed E-state index contributed by atoms with van der Waals surface area (Å²) in [5.41, 5.74) is 0. The first-order valence-electron chi connectivity index (χ1n) is 3.77. The molecule has 0 spiro atoms. The van der Waals surface area contributed by atoms with Crippen LogP contribution in [-0.4, -0.2) is 35.2 Å². The molecule has 1 heterocycles. The molecule has 0 amide bonds. The molecular formula is C6H17NSi2. The Bertz CT molecular complexity index is 114. The topological polar surface area (TPSA) is 3.24 Å². The molecule has 1 aliphatic rings. The summed E-state index contributed by atoms with van der Waals surface area (Å²) in [6, 6.07) is 2.44. The molecule has 54 valence electrons. The fourth-order valence-electron chi connectivity index (χ4n) is 1.53. The Morgan fingerprint density at radius 2 is 2.22 bits per heavy atom. The summed E-state index contributed by atoms with van der Waals surface area (Å²) >= 11 is 0. The first-order chi connectivity index (χ1) is 4.04. The van der Waals surface area contributed by atoms with Gasteiger partial charge in [0.05, 0.1) is 0 Å².